The molecule has 3 rings (SSSR count). The van der Waals surface area contributed by atoms with Crippen LogP contribution in [0.5, 0.6) is 11.5 Å². The highest BCUT2D eigenvalue weighted by atomic mass is 19.1. The average molecular weight is 376 g/mol. The summed E-state index contributed by atoms with van der Waals surface area (Å²) in [6.07, 6.45) is 5.30. The molecular weight excluding hydrogens is 355 g/mol. The molecule has 3 aromatic carbocycles. The predicted octanol–water partition coefficient (Wildman–Crippen LogP) is 5.41. The Hall–Kier alpha value is -3.60. The van der Waals surface area contributed by atoms with Gasteiger partial charge in [0.25, 0.3) is 0 Å². The lowest BCUT2D eigenvalue weighted by Crippen LogP contribution is -2.01. The Bertz CT molecular complexity index is 999. The number of methoxy groups -OCH3 is 1. The summed E-state index contributed by atoms with van der Waals surface area (Å²) in [5.41, 5.74) is 8.46. The van der Waals surface area contributed by atoms with Crippen molar-refractivity contribution in [1.82, 2.24) is 0 Å². The smallest absolute Gasteiger partial charge is 0.168 e. The van der Waals surface area contributed by atoms with Crippen molar-refractivity contribution in [2.24, 2.45) is 4.99 Å². The first-order chi connectivity index (χ1) is 13.7. The maximum Gasteiger partial charge on any atom is 0.168 e. The Kier molecular flexibility index (Phi) is 6.41. The molecule has 0 heterocycles. The second kappa shape index (κ2) is 9.37. The second-order valence-electron chi connectivity index (χ2n) is 5.95. The maximum absolute atomic E-state index is 13.9. The Morgan fingerprint density at radius 1 is 1.00 bits per heavy atom. The maximum atomic E-state index is 13.9. The number of rotatable bonds is 7. The monoisotopic (exact) mass is 376 g/mol. The molecule has 0 amide bonds. The molecule has 0 aliphatic carbocycles. The Labute approximate surface area is 163 Å². The standard InChI is InChI=1S/C23H21FN2O2/c1-27-22-14-6-9-17(10-7-15-26-21-13-5-4-12-20(21)25)23(22)28-16-18-8-2-3-11-19(18)24/h2-15H,16,25H2,1H3. The van der Waals surface area contributed by atoms with Gasteiger partial charge in [-0.25, -0.2) is 4.39 Å². The number of aliphatic imine (C=N–C) groups is 1. The van der Waals surface area contributed by atoms with Crippen LogP contribution in [0.4, 0.5) is 15.8 Å². The van der Waals surface area contributed by atoms with Crippen molar-refractivity contribution in [3.8, 4) is 11.5 Å². The molecule has 0 aliphatic rings. The summed E-state index contributed by atoms with van der Waals surface area (Å²) >= 11 is 0. The number of allylic oxidation sites excluding steroid dienone is 1. The number of nitrogens with zero attached hydrogens (tertiary/aromatic N) is 1. The zero-order valence-electron chi connectivity index (χ0n) is 15.5. The van der Waals surface area contributed by atoms with Crippen LogP contribution in [0, 0.1) is 5.82 Å². The molecule has 142 valence electrons. The van der Waals surface area contributed by atoms with E-state index in [0.717, 1.165) is 5.56 Å². The Morgan fingerprint density at radius 2 is 1.79 bits per heavy atom. The largest absolute Gasteiger partial charge is 0.493 e. The lowest BCUT2D eigenvalue weighted by Gasteiger charge is -2.13. The fourth-order valence-corrected chi connectivity index (χ4v) is 2.62. The fraction of sp³-hybridized carbons (Fsp3) is 0.0870. The van der Waals surface area contributed by atoms with Gasteiger partial charge < -0.3 is 15.2 Å². The second-order valence-corrected chi connectivity index (χ2v) is 5.95. The first-order valence-corrected chi connectivity index (χ1v) is 8.77. The molecule has 0 aromatic heterocycles. The van der Waals surface area contributed by atoms with E-state index in [2.05, 4.69) is 4.99 Å². The number of hydrogen-bond donors (Lipinski definition) is 1. The summed E-state index contributed by atoms with van der Waals surface area (Å²) in [5, 5.41) is 0. The molecule has 0 radical (unpaired) electrons. The molecule has 0 spiro atoms. The summed E-state index contributed by atoms with van der Waals surface area (Å²) in [5.74, 6) is 0.807. The van der Waals surface area contributed by atoms with Gasteiger partial charge in [0, 0.05) is 17.3 Å². The van der Waals surface area contributed by atoms with Crippen LogP contribution < -0.4 is 15.2 Å². The third-order valence-corrected chi connectivity index (χ3v) is 4.07. The predicted molar refractivity (Wildman–Crippen MR) is 112 cm³/mol. The van der Waals surface area contributed by atoms with Crippen LogP contribution in [-0.4, -0.2) is 13.3 Å². The molecule has 0 atom stereocenters. The summed E-state index contributed by atoms with van der Waals surface area (Å²) in [6, 6.07) is 19.5. The van der Waals surface area contributed by atoms with Crippen molar-refractivity contribution >= 4 is 23.7 Å². The lowest BCUT2D eigenvalue weighted by molar-refractivity contribution is 0.279. The van der Waals surface area contributed by atoms with Crippen LogP contribution in [0.25, 0.3) is 6.08 Å². The van der Waals surface area contributed by atoms with Crippen LogP contribution in [0.15, 0.2) is 77.8 Å². The number of benzene rings is 3. The van der Waals surface area contributed by atoms with E-state index in [4.69, 9.17) is 15.2 Å². The molecule has 5 heteroatoms. The van der Waals surface area contributed by atoms with E-state index in [1.807, 2.05) is 36.4 Å². The van der Waals surface area contributed by atoms with Crippen molar-refractivity contribution in [3.63, 3.8) is 0 Å². The minimum absolute atomic E-state index is 0.0997. The van der Waals surface area contributed by atoms with Crippen LogP contribution in [0.3, 0.4) is 0 Å². The number of hydrogen-bond acceptors (Lipinski definition) is 4. The lowest BCUT2D eigenvalue weighted by atomic mass is 10.1. The quantitative estimate of drug-likeness (QED) is 0.443. The van der Waals surface area contributed by atoms with Crippen molar-refractivity contribution < 1.29 is 13.9 Å². The van der Waals surface area contributed by atoms with Gasteiger partial charge in [-0.15, -0.1) is 0 Å². The Balaban J connectivity index is 1.79. The van der Waals surface area contributed by atoms with E-state index in [-0.39, 0.29) is 12.4 Å². The first kappa shape index (κ1) is 19.2. The number of para-hydroxylation sites is 3. The van der Waals surface area contributed by atoms with E-state index in [1.54, 1.807) is 49.7 Å². The van der Waals surface area contributed by atoms with Crippen LogP contribution in [-0.2, 0) is 6.61 Å². The van der Waals surface area contributed by atoms with Gasteiger partial charge in [0.05, 0.1) is 18.5 Å². The van der Waals surface area contributed by atoms with Crippen molar-refractivity contribution in [2.75, 3.05) is 12.8 Å². The van der Waals surface area contributed by atoms with Gasteiger partial charge in [-0.2, -0.15) is 0 Å². The molecule has 0 bridgehead atoms. The fourth-order valence-electron chi connectivity index (χ4n) is 2.62. The van der Waals surface area contributed by atoms with Crippen LogP contribution in [0.1, 0.15) is 11.1 Å². The van der Waals surface area contributed by atoms with E-state index in [0.29, 0.717) is 28.4 Å². The van der Waals surface area contributed by atoms with Gasteiger partial charge >= 0.3 is 0 Å². The molecule has 0 saturated carbocycles. The SMILES string of the molecule is COc1cccc(C=CC=Nc2ccccc2N)c1OCc1ccccc1F. The zero-order chi connectivity index (χ0) is 19.8. The minimum Gasteiger partial charge on any atom is -0.493 e. The molecule has 3 aromatic rings. The zero-order valence-corrected chi connectivity index (χ0v) is 15.5. The van der Waals surface area contributed by atoms with Gasteiger partial charge in [0.15, 0.2) is 11.5 Å². The highest BCUT2D eigenvalue weighted by Crippen LogP contribution is 2.33. The number of halogens is 1. The van der Waals surface area contributed by atoms with Crippen LogP contribution in [0.2, 0.25) is 0 Å². The number of nitrogens with two attached hydrogens (primary N) is 1. The molecule has 0 unspecified atom stereocenters. The van der Waals surface area contributed by atoms with Crippen molar-refractivity contribution in [1.29, 1.82) is 0 Å². The first-order valence-electron chi connectivity index (χ1n) is 8.77. The van der Waals surface area contributed by atoms with Gasteiger partial charge in [-0.1, -0.05) is 42.5 Å². The molecule has 4 nitrogen and oxygen atoms in total. The highest BCUT2D eigenvalue weighted by molar-refractivity contribution is 5.83. The van der Waals surface area contributed by atoms with E-state index in [9.17, 15) is 4.39 Å². The van der Waals surface area contributed by atoms with E-state index >= 15 is 0 Å². The van der Waals surface area contributed by atoms with E-state index < -0.39 is 0 Å². The minimum atomic E-state index is -0.304. The van der Waals surface area contributed by atoms with Crippen molar-refractivity contribution in [3.05, 3.63) is 89.8 Å². The summed E-state index contributed by atoms with van der Waals surface area (Å²) < 4.78 is 25.1. The molecule has 0 aliphatic heterocycles. The van der Waals surface area contributed by atoms with Gasteiger partial charge in [0.2, 0.25) is 0 Å². The molecule has 28 heavy (non-hydrogen) atoms. The molecule has 0 fully saturated rings. The molecular formula is C23H21FN2O2. The van der Waals surface area contributed by atoms with E-state index in [1.165, 1.54) is 6.07 Å². The normalized spacial score (nSPS) is 11.2. The summed E-state index contributed by atoms with van der Waals surface area (Å²) in [4.78, 5) is 4.34. The average Bonchev–Trinajstić information content (AvgIpc) is 2.72. The van der Waals surface area contributed by atoms with Gasteiger partial charge in [-0.3, -0.25) is 4.99 Å². The number of nitrogen functional groups attached to an aromatic ring is 1. The number of ether oxygens (including phenoxy) is 2. The number of anilines is 1. The van der Waals surface area contributed by atoms with Crippen LogP contribution >= 0.6 is 0 Å². The van der Waals surface area contributed by atoms with Gasteiger partial charge in [0.1, 0.15) is 12.4 Å². The highest BCUT2D eigenvalue weighted by Gasteiger charge is 2.10. The molecule has 0 saturated heterocycles. The summed E-state index contributed by atoms with van der Waals surface area (Å²) in [7, 11) is 1.57. The van der Waals surface area contributed by atoms with Gasteiger partial charge in [-0.05, 0) is 36.4 Å². The topological polar surface area (TPSA) is 56.8 Å². The Morgan fingerprint density at radius 3 is 2.57 bits per heavy atom. The van der Waals surface area contributed by atoms with Crippen molar-refractivity contribution in [2.45, 2.75) is 6.61 Å². The third kappa shape index (κ3) is 4.76. The molecule has 2 N–H and O–H groups in total. The summed E-state index contributed by atoms with van der Waals surface area (Å²) in [6.45, 7) is 0.0997. The third-order valence-electron chi connectivity index (χ3n) is 4.07.